The van der Waals surface area contributed by atoms with E-state index >= 15 is 0 Å². The van der Waals surface area contributed by atoms with Crippen LogP contribution in [0.4, 0.5) is 5.69 Å². The van der Waals surface area contributed by atoms with Crippen LogP contribution >= 0.6 is 11.8 Å². The van der Waals surface area contributed by atoms with Gasteiger partial charge >= 0.3 is 0 Å². The molecule has 168 valence electrons. The number of rotatable bonds is 4. The van der Waals surface area contributed by atoms with Crippen LogP contribution in [-0.4, -0.2) is 17.9 Å². The lowest BCUT2D eigenvalue weighted by molar-refractivity contribution is 0.0908. The van der Waals surface area contributed by atoms with E-state index in [1.165, 1.54) is 6.42 Å². The zero-order chi connectivity index (χ0) is 22.8. The molecular weight excluding hydrogens is 428 g/mol. The molecule has 1 aliphatic heterocycles. The minimum atomic E-state index is -0.0598. The van der Waals surface area contributed by atoms with E-state index in [0.717, 1.165) is 40.3 Å². The van der Waals surface area contributed by atoms with E-state index in [2.05, 4.69) is 12.2 Å². The minimum absolute atomic E-state index is 0.0424. The highest BCUT2D eigenvalue weighted by molar-refractivity contribution is 7.99. The minimum Gasteiger partial charge on any atom is -0.349 e. The summed E-state index contributed by atoms with van der Waals surface area (Å²) in [5.41, 5.74) is 3.13. The average molecular weight is 457 g/mol. The van der Waals surface area contributed by atoms with Crippen LogP contribution in [0, 0.1) is 5.92 Å². The molecule has 1 aliphatic carbocycles. The first kappa shape index (κ1) is 21.8. The number of carbonyl (C=O) groups is 2. The molecule has 1 N–H and O–H groups in total. The molecule has 33 heavy (non-hydrogen) atoms. The highest BCUT2D eigenvalue weighted by Gasteiger charge is 2.29. The number of nitrogens with one attached hydrogen (secondary N) is 1. The second kappa shape index (κ2) is 9.44. The Kier molecular flexibility index (Phi) is 6.23. The van der Waals surface area contributed by atoms with Crippen molar-refractivity contribution >= 4 is 29.3 Å². The van der Waals surface area contributed by atoms with Gasteiger partial charge in [-0.25, -0.2) is 0 Å². The van der Waals surface area contributed by atoms with Crippen LogP contribution < -0.4 is 10.2 Å². The molecule has 5 rings (SSSR count). The first-order valence-electron chi connectivity index (χ1n) is 11.7. The van der Waals surface area contributed by atoms with Gasteiger partial charge in [-0.2, -0.15) is 0 Å². The Hall–Kier alpha value is -3.05. The Bertz CT molecular complexity index is 1180. The van der Waals surface area contributed by atoms with Gasteiger partial charge in [-0.1, -0.05) is 74.0 Å². The van der Waals surface area contributed by atoms with Crippen molar-refractivity contribution < 1.29 is 9.59 Å². The van der Waals surface area contributed by atoms with E-state index in [1.54, 1.807) is 11.8 Å². The summed E-state index contributed by atoms with van der Waals surface area (Å²) in [5.74, 6) is 0.388. The molecule has 2 aliphatic rings. The maximum Gasteiger partial charge on any atom is 0.259 e. The third-order valence-corrected chi connectivity index (χ3v) is 7.85. The van der Waals surface area contributed by atoms with E-state index in [1.807, 2.05) is 77.7 Å². The van der Waals surface area contributed by atoms with Crippen molar-refractivity contribution in [2.75, 3.05) is 4.90 Å². The summed E-state index contributed by atoms with van der Waals surface area (Å²) >= 11 is 1.58. The maximum atomic E-state index is 13.7. The molecule has 2 amide bonds. The van der Waals surface area contributed by atoms with Crippen LogP contribution in [0.5, 0.6) is 0 Å². The molecule has 0 radical (unpaired) electrons. The summed E-state index contributed by atoms with van der Waals surface area (Å²) in [6.45, 7) is 2.67. The van der Waals surface area contributed by atoms with E-state index in [4.69, 9.17) is 0 Å². The van der Waals surface area contributed by atoms with Crippen LogP contribution in [0.15, 0.2) is 82.6 Å². The number of anilines is 1. The predicted octanol–water partition coefficient (Wildman–Crippen LogP) is 6.31. The number of carbonyl (C=O) groups excluding carboxylic acids is 2. The Labute approximate surface area is 199 Å². The van der Waals surface area contributed by atoms with Gasteiger partial charge in [-0.3, -0.25) is 9.59 Å². The highest BCUT2D eigenvalue weighted by atomic mass is 32.2. The van der Waals surface area contributed by atoms with Gasteiger partial charge in [0.25, 0.3) is 11.8 Å². The lowest BCUT2D eigenvalue weighted by Gasteiger charge is -2.29. The average Bonchev–Trinajstić information content (AvgIpc) is 2.95. The van der Waals surface area contributed by atoms with Gasteiger partial charge in [0.1, 0.15) is 0 Å². The van der Waals surface area contributed by atoms with Crippen molar-refractivity contribution in [2.24, 2.45) is 5.92 Å². The summed E-state index contributed by atoms with van der Waals surface area (Å²) in [5, 5.41) is 3.25. The molecule has 0 aromatic heterocycles. The molecule has 3 aromatic carbocycles. The Morgan fingerprint density at radius 1 is 0.970 bits per heavy atom. The lowest BCUT2D eigenvalue weighted by Crippen LogP contribution is -2.41. The van der Waals surface area contributed by atoms with Gasteiger partial charge in [0, 0.05) is 21.4 Å². The summed E-state index contributed by atoms with van der Waals surface area (Å²) in [6, 6.07) is 23.7. The van der Waals surface area contributed by atoms with Gasteiger partial charge in [0.15, 0.2) is 0 Å². The normalized spacial score (nSPS) is 19.9. The molecule has 1 heterocycles. The lowest BCUT2D eigenvalue weighted by atomic mass is 9.86. The highest BCUT2D eigenvalue weighted by Crippen LogP contribution is 2.42. The monoisotopic (exact) mass is 456 g/mol. The summed E-state index contributed by atoms with van der Waals surface area (Å²) in [4.78, 5) is 30.6. The van der Waals surface area contributed by atoms with E-state index in [9.17, 15) is 9.59 Å². The fourth-order valence-corrected chi connectivity index (χ4v) is 5.83. The predicted molar refractivity (Wildman–Crippen MR) is 133 cm³/mol. The van der Waals surface area contributed by atoms with Crippen molar-refractivity contribution in [3.63, 3.8) is 0 Å². The van der Waals surface area contributed by atoms with Crippen LogP contribution in [0.3, 0.4) is 0 Å². The zero-order valence-electron chi connectivity index (χ0n) is 18.8. The molecule has 5 heteroatoms. The summed E-state index contributed by atoms with van der Waals surface area (Å²) in [6.07, 6.45) is 4.58. The number of amides is 2. The van der Waals surface area contributed by atoms with Crippen molar-refractivity contribution in [1.82, 2.24) is 5.32 Å². The first-order chi connectivity index (χ1) is 16.1. The first-order valence-corrected chi connectivity index (χ1v) is 12.5. The fraction of sp³-hybridized carbons (Fsp3) is 0.286. The third-order valence-electron chi connectivity index (χ3n) is 6.71. The van der Waals surface area contributed by atoms with Gasteiger partial charge in [-0.15, -0.1) is 0 Å². The molecule has 3 aromatic rings. The number of fused-ring (bicyclic) bond motifs is 2. The third kappa shape index (κ3) is 4.55. The molecule has 0 unspecified atom stereocenters. The number of nitrogens with zero attached hydrogens (tertiary/aromatic N) is 1. The quantitative estimate of drug-likeness (QED) is 0.501. The van der Waals surface area contributed by atoms with Crippen LogP contribution in [0.2, 0.25) is 0 Å². The second-order valence-corrected chi connectivity index (χ2v) is 10.1. The molecule has 4 nitrogen and oxygen atoms in total. The largest absolute Gasteiger partial charge is 0.349 e. The van der Waals surface area contributed by atoms with E-state index < -0.39 is 0 Å². The molecule has 0 bridgehead atoms. The Morgan fingerprint density at radius 3 is 2.55 bits per heavy atom. The molecule has 0 spiro atoms. The number of hydrogen-bond donors (Lipinski definition) is 1. The van der Waals surface area contributed by atoms with Gasteiger partial charge in [-0.05, 0) is 54.7 Å². The van der Waals surface area contributed by atoms with Gasteiger partial charge < -0.3 is 10.2 Å². The zero-order valence-corrected chi connectivity index (χ0v) is 19.6. The second-order valence-electron chi connectivity index (χ2n) is 9.00. The van der Waals surface area contributed by atoms with Crippen molar-refractivity contribution in [2.45, 2.75) is 55.0 Å². The standard InChI is InChI=1S/C28H28N2O2S/c1-19-9-5-7-13-23(19)29-27(31)21-15-16-26-24(17-21)30(18-20-10-3-2-4-11-20)28(32)22-12-6-8-14-25(22)33-26/h2-4,6,8,10-12,14-17,19,23H,5,7,9,13,18H2,1H3,(H,29,31)/t19-,23-/m0/s1. The fourth-order valence-electron chi connectivity index (χ4n) is 4.77. The maximum absolute atomic E-state index is 13.7. The van der Waals surface area contributed by atoms with Crippen LogP contribution in [-0.2, 0) is 6.54 Å². The van der Waals surface area contributed by atoms with Gasteiger partial charge in [0.05, 0.1) is 17.8 Å². The number of benzene rings is 3. The van der Waals surface area contributed by atoms with Crippen molar-refractivity contribution in [3.05, 3.63) is 89.5 Å². The van der Waals surface area contributed by atoms with Crippen LogP contribution in [0.25, 0.3) is 0 Å². The van der Waals surface area contributed by atoms with Crippen LogP contribution in [0.1, 0.15) is 58.9 Å². The smallest absolute Gasteiger partial charge is 0.259 e. The molecule has 1 saturated carbocycles. The Balaban J connectivity index is 1.51. The summed E-state index contributed by atoms with van der Waals surface area (Å²) < 4.78 is 0. The molecular formula is C28H28N2O2S. The van der Waals surface area contributed by atoms with Crippen molar-refractivity contribution in [3.8, 4) is 0 Å². The van der Waals surface area contributed by atoms with Crippen molar-refractivity contribution in [1.29, 1.82) is 0 Å². The van der Waals surface area contributed by atoms with E-state index in [0.29, 0.717) is 23.6 Å². The molecule has 0 saturated heterocycles. The van der Waals surface area contributed by atoms with Gasteiger partial charge in [0.2, 0.25) is 0 Å². The van der Waals surface area contributed by atoms with E-state index in [-0.39, 0.29) is 17.9 Å². The Morgan fingerprint density at radius 2 is 1.73 bits per heavy atom. The SMILES string of the molecule is C[C@H]1CCCC[C@@H]1NC(=O)c1ccc2c(c1)N(Cc1ccccc1)C(=O)c1ccccc1S2. The molecule has 1 fully saturated rings. The topological polar surface area (TPSA) is 49.4 Å². The summed E-state index contributed by atoms with van der Waals surface area (Å²) in [7, 11) is 0. The number of hydrogen-bond acceptors (Lipinski definition) is 3. The molecule has 2 atom stereocenters.